The third kappa shape index (κ3) is 6.71. The number of pyridine rings is 1. The Bertz CT molecular complexity index is 1350. The van der Waals surface area contributed by atoms with Crippen molar-refractivity contribution in [1.82, 2.24) is 19.8 Å². The fourth-order valence-corrected chi connectivity index (χ4v) is 5.54. The zero-order valence-corrected chi connectivity index (χ0v) is 22.6. The first kappa shape index (κ1) is 26.2. The first-order valence-corrected chi connectivity index (χ1v) is 13.9. The summed E-state index contributed by atoms with van der Waals surface area (Å²) in [6.07, 6.45) is 4.31. The van der Waals surface area contributed by atoms with Gasteiger partial charge in [0.25, 0.3) is 5.91 Å². The Morgan fingerprint density at radius 3 is 2.58 bits per heavy atom. The molecule has 3 N–H and O–H groups in total. The molecular weight excluding hydrogens is 492 g/mol. The second kappa shape index (κ2) is 12.4. The number of benzene rings is 2. The molecule has 0 saturated carbocycles. The van der Waals surface area contributed by atoms with Crippen molar-refractivity contribution in [2.45, 2.75) is 19.9 Å². The molecule has 0 unspecified atom stereocenters. The molecule has 1 amide bonds. The molecule has 2 aromatic heterocycles. The smallest absolute Gasteiger partial charge is 0.255 e. The lowest BCUT2D eigenvalue weighted by molar-refractivity contribution is 0.102. The van der Waals surface area contributed by atoms with E-state index in [2.05, 4.69) is 56.7 Å². The van der Waals surface area contributed by atoms with Crippen molar-refractivity contribution < 1.29 is 4.79 Å². The van der Waals surface area contributed by atoms with Gasteiger partial charge in [0.2, 0.25) is 0 Å². The predicted octanol–water partition coefficient (Wildman–Crippen LogP) is 4.43. The summed E-state index contributed by atoms with van der Waals surface area (Å²) < 4.78 is 0. The number of amides is 1. The fraction of sp³-hybridized carbons (Fsp3) is 0.300. The van der Waals surface area contributed by atoms with E-state index in [1.165, 1.54) is 11.1 Å². The number of nitrogens with one attached hydrogen (secondary N) is 1. The third-order valence-corrected chi connectivity index (χ3v) is 7.84. The van der Waals surface area contributed by atoms with Gasteiger partial charge in [-0.3, -0.25) is 19.6 Å². The quantitative estimate of drug-likeness (QED) is 0.336. The summed E-state index contributed by atoms with van der Waals surface area (Å²) >= 11 is 1.64. The van der Waals surface area contributed by atoms with E-state index in [9.17, 15) is 4.79 Å². The van der Waals surface area contributed by atoms with Gasteiger partial charge in [0, 0.05) is 86.8 Å². The molecule has 38 heavy (non-hydrogen) atoms. The molecule has 2 aromatic carbocycles. The topological polar surface area (TPSA) is 87.4 Å². The number of hydrogen-bond donors (Lipinski definition) is 2. The van der Waals surface area contributed by atoms with Crippen LogP contribution in [0.2, 0.25) is 0 Å². The van der Waals surface area contributed by atoms with Crippen LogP contribution in [0.4, 0.5) is 5.69 Å². The Morgan fingerprint density at radius 2 is 1.84 bits per heavy atom. The first-order valence-electron chi connectivity index (χ1n) is 13.1. The molecule has 1 aliphatic rings. The highest BCUT2D eigenvalue weighted by molar-refractivity contribution is 7.10. The first-order chi connectivity index (χ1) is 18.6. The second-order valence-electron chi connectivity index (χ2n) is 9.74. The third-order valence-electron chi connectivity index (χ3n) is 6.99. The Kier molecular flexibility index (Phi) is 8.55. The summed E-state index contributed by atoms with van der Waals surface area (Å²) in [7, 11) is 0. The minimum absolute atomic E-state index is 0.102. The van der Waals surface area contributed by atoms with Crippen LogP contribution in [0.3, 0.4) is 0 Å². The molecule has 0 radical (unpaired) electrons. The molecule has 1 aliphatic heterocycles. The highest BCUT2D eigenvalue weighted by Gasteiger charge is 2.16. The van der Waals surface area contributed by atoms with Crippen molar-refractivity contribution in [2.24, 2.45) is 5.73 Å². The van der Waals surface area contributed by atoms with Crippen molar-refractivity contribution in [3.63, 3.8) is 0 Å². The van der Waals surface area contributed by atoms with E-state index in [-0.39, 0.29) is 5.91 Å². The standard InChI is InChI=1S/C30H34N6OS/c1-22-4-9-27(17-26(22)18-29-34-28(21-38-29)25-3-2-11-32-19-25)33-30(37)24-7-5-23(6-8-24)20-36-15-13-35(12-10-31)14-16-36/h2-9,11,17,19,21H,10,12-16,18,20,31H2,1H3,(H,33,37). The number of piperazine rings is 1. The number of aryl methyl sites for hydroxylation is 1. The van der Waals surface area contributed by atoms with Gasteiger partial charge in [-0.05, 0) is 60.0 Å². The van der Waals surface area contributed by atoms with E-state index in [1.54, 1.807) is 17.5 Å². The molecule has 1 fully saturated rings. The fourth-order valence-electron chi connectivity index (χ4n) is 4.72. The number of rotatable bonds is 9. The molecule has 7 nitrogen and oxygen atoms in total. The van der Waals surface area contributed by atoms with Gasteiger partial charge in [-0.2, -0.15) is 0 Å². The molecule has 0 aliphatic carbocycles. The van der Waals surface area contributed by atoms with Crippen LogP contribution in [-0.2, 0) is 13.0 Å². The summed E-state index contributed by atoms with van der Waals surface area (Å²) in [5.74, 6) is -0.102. The van der Waals surface area contributed by atoms with E-state index < -0.39 is 0 Å². The monoisotopic (exact) mass is 526 g/mol. The average molecular weight is 527 g/mol. The number of aromatic nitrogens is 2. The molecule has 196 valence electrons. The minimum Gasteiger partial charge on any atom is -0.329 e. The number of nitrogens with two attached hydrogens (primary N) is 1. The van der Waals surface area contributed by atoms with Crippen molar-refractivity contribution in [2.75, 3.05) is 44.6 Å². The summed E-state index contributed by atoms with van der Waals surface area (Å²) in [4.78, 5) is 26.8. The molecule has 0 bridgehead atoms. The van der Waals surface area contributed by atoms with E-state index in [0.717, 1.165) is 73.2 Å². The number of anilines is 1. The number of hydrogen-bond acceptors (Lipinski definition) is 7. The number of nitrogens with zero attached hydrogens (tertiary/aromatic N) is 4. The molecule has 5 rings (SSSR count). The van der Waals surface area contributed by atoms with Crippen LogP contribution in [0.1, 0.15) is 32.1 Å². The van der Waals surface area contributed by atoms with Crippen LogP contribution in [0.25, 0.3) is 11.3 Å². The van der Waals surface area contributed by atoms with E-state index in [1.807, 2.05) is 36.5 Å². The summed E-state index contributed by atoms with van der Waals surface area (Å²) in [6, 6.07) is 18.0. The molecule has 3 heterocycles. The molecule has 0 spiro atoms. The average Bonchev–Trinajstić information content (AvgIpc) is 3.41. The maximum Gasteiger partial charge on any atom is 0.255 e. The molecule has 8 heteroatoms. The largest absolute Gasteiger partial charge is 0.329 e. The second-order valence-corrected chi connectivity index (χ2v) is 10.7. The van der Waals surface area contributed by atoms with Gasteiger partial charge in [-0.15, -0.1) is 11.3 Å². The Hall–Kier alpha value is -3.43. The highest BCUT2D eigenvalue weighted by Crippen LogP contribution is 2.25. The van der Waals surface area contributed by atoms with Gasteiger partial charge < -0.3 is 11.1 Å². The lowest BCUT2D eigenvalue weighted by atomic mass is 10.0. The Morgan fingerprint density at radius 1 is 1.05 bits per heavy atom. The summed E-state index contributed by atoms with van der Waals surface area (Å²) in [5, 5.41) is 6.17. The van der Waals surface area contributed by atoms with Gasteiger partial charge in [-0.1, -0.05) is 18.2 Å². The highest BCUT2D eigenvalue weighted by atomic mass is 32.1. The van der Waals surface area contributed by atoms with Crippen molar-refractivity contribution in [3.8, 4) is 11.3 Å². The number of carbonyl (C=O) groups excluding carboxylic acids is 1. The van der Waals surface area contributed by atoms with Crippen LogP contribution in [-0.4, -0.2) is 64.9 Å². The van der Waals surface area contributed by atoms with E-state index >= 15 is 0 Å². The molecular formula is C30H34N6OS. The van der Waals surface area contributed by atoms with Gasteiger partial charge in [0.1, 0.15) is 0 Å². The molecule has 4 aromatic rings. The SMILES string of the molecule is Cc1ccc(NC(=O)c2ccc(CN3CCN(CCN)CC3)cc2)cc1Cc1nc(-c2cccnc2)cs1. The van der Waals surface area contributed by atoms with Gasteiger partial charge in [-0.25, -0.2) is 4.98 Å². The maximum atomic E-state index is 13.0. The van der Waals surface area contributed by atoms with E-state index in [4.69, 9.17) is 10.7 Å². The Labute approximate surface area is 228 Å². The lowest BCUT2D eigenvalue weighted by Crippen LogP contribution is -2.47. The minimum atomic E-state index is -0.102. The van der Waals surface area contributed by atoms with Crippen LogP contribution in [0.15, 0.2) is 72.4 Å². The zero-order valence-electron chi connectivity index (χ0n) is 21.8. The molecule has 1 saturated heterocycles. The van der Waals surface area contributed by atoms with Crippen LogP contribution < -0.4 is 11.1 Å². The van der Waals surface area contributed by atoms with Gasteiger partial charge in [0.15, 0.2) is 0 Å². The van der Waals surface area contributed by atoms with Gasteiger partial charge >= 0.3 is 0 Å². The summed E-state index contributed by atoms with van der Waals surface area (Å²) in [6.45, 7) is 8.89. The zero-order chi connectivity index (χ0) is 26.3. The Balaban J connectivity index is 1.18. The maximum absolute atomic E-state index is 13.0. The van der Waals surface area contributed by atoms with Crippen LogP contribution in [0, 0.1) is 6.92 Å². The lowest BCUT2D eigenvalue weighted by Gasteiger charge is -2.34. The number of carbonyl (C=O) groups is 1. The normalized spacial score (nSPS) is 14.5. The van der Waals surface area contributed by atoms with Crippen LogP contribution >= 0.6 is 11.3 Å². The van der Waals surface area contributed by atoms with E-state index in [0.29, 0.717) is 12.1 Å². The van der Waals surface area contributed by atoms with Crippen molar-refractivity contribution >= 4 is 22.9 Å². The number of thiazole rings is 1. The molecule has 0 atom stereocenters. The van der Waals surface area contributed by atoms with Crippen molar-refractivity contribution in [1.29, 1.82) is 0 Å². The van der Waals surface area contributed by atoms with Crippen molar-refractivity contribution in [3.05, 3.63) is 99.6 Å². The predicted molar refractivity (Wildman–Crippen MR) is 154 cm³/mol. The van der Waals surface area contributed by atoms with Crippen LogP contribution in [0.5, 0.6) is 0 Å². The van der Waals surface area contributed by atoms with Gasteiger partial charge in [0.05, 0.1) is 10.7 Å². The summed E-state index contributed by atoms with van der Waals surface area (Å²) in [5.41, 5.74) is 12.6.